The molecule has 2 aromatic rings. The molecule has 0 bridgehead atoms. The van der Waals surface area contributed by atoms with Crippen molar-refractivity contribution in [2.75, 3.05) is 5.32 Å². The quantitative estimate of drug-likeness (QED) is 0.902. The minimum atomic E-state index is 0.355. The molecule has 1 saturated carbocycles. The zero-order valence-corrected chi connectivity index (χ0v) is 12.5. The minimum Gasteiger partial charge on any atom is -0.439 e. The molecule has 4 nitrogen and oxygen atoms in total. The van der Waals surface area contributed by atoms with Crippen molar-refractivity contribution in [2.24, 2.45) is 0 Å². The third kappa shape index (κ3) is 3.76. The van der Waals surface area contributed by atoms with Gasteiger partial charge in [0.15, 0.2) is 0 Å². The van der Waals surface area contributed by atoms with Crippen LogP contribution in [0, 0.1) is 11.3 Å². The maximum atomic E-state index is 8.84. The summed E-state index contributed by atoms with van der Waals surface area (Å²) in [6, 6.07) is 15.7. The Morgan fingerprint density at radius 3 is 2.55 bits per heavy atom. The van der Waals surface area contributed by atoms with Gasteiger partial charge >= 0.3 is 0 Å². The summed E-state index contributed by atoms with van der Waals surface area (Å²) < 4.78 is 5.68. The lowest BCUT2D eigenvalue weighted by molar-refractivity contribution is 0.460. The molecule has 3 rings (SSSR count). The van der Waals surface area contributed by atoms with Crippen molar-refractivity contribution in [2.45, 2.75) is 38.1 Å². The van der Waals surface area contributed by atoms with Gasteiger partial charge in [0, 0.05) is 17.8 Å². The molecular weight excluding hydrogens is 274 g/mol. The van der Waals surface area contributed by atoms with Gasteiger partial charge in [-0.1, -0.05) is 25.3 Å². The molecular formula is C18H19N3O. The van der Waals surface area contributed by atoms with Crippen molar-refractivity contribution >= 4 is 5.69 Å². The fraction of sp³-hybridized carbons (Fsp3) is 0.333. The molecule has 1 aliphatic rings. The van der Waals surface area contributed by atoms with E-state index >= 15 is 0 Å². The Bertz CT molecular complexity index is 655. The Labute approximate surface area is 130 Å². The first kappa shape index (κ1) is 14.4. The largest absolute Gasteiger partial charge is 0.439 e. The van der Waals surface area contributed by atoms with E-state index < -0.39 is 0 Å². The molecule has 0 radical (unpaired) electrons. The molecule has 1 aliphatic carbocycles. The van der Waals surface area contributed by atoms with Crippen molar-refractivity contribution in [3.8, 4) is 17.7 Å². The number of anilines is 1. The molecule has 112 valence electrons. The van der Waals surface area contributed by atoms with Crippen LogP contribution in [0.15, 0.2) is 42.5 Å². The number of pyridine rings is 1. The summed E-state index contributed by atoms with van der Waals surface area (Å²) >= 11 is 0. The zero-order valence-electron chi connectivity index (χ0n) is 12.5. The molecule has 0 atom stereocenters. The molecule has 0 spiro atoms. The summed E-state index contributed by atoms with van der Waals surface area (Å²) in [6.07, 6.45) is 6.51. The van der Waals surface area contributed by atoms with Crippen LogP contribution in [0.2, 0.25) is 0 Å². The van der Waals surface area contributed by atoms with Crippen molar-refractivity contribution in [1.29, 1.82) is 5.26 Å². The van der Waals surface area contributed by atoms with E-state index in [0.717, 1.165) is 11.4 Å². The number of hydrogen-bond donors (Lipinski definition) is 1. The first-order valence-corrected chi connectivity index (χ1v) is 7.75. The molecule has 1 N–H and O–H groups in total. The monoisotopic (exact) mass is 293 g/mol. The third-order valence-corrected chi connectivity index (χ3v) is 3.89. The van der Waals surface area contributed by atoms with E-state index in [1.54, 1.807) is 18.2 Å². The molecule has 0 saturated heterocycles. The molecule has 0 amide bonds. The second kappa shape index (κ2) is 6.95. The van der Waals surface area contributed by atoms with Crippen molar-refractivity contribution < 1.29 is 4.74 Å². The molecule has 4 heteroatoms. The number of nitrogens with one attached hydrogen (secondary N) is 1. The van der Waals surface area contributed by atoms with E-state index in [9.17, 15) is 0 Å². The Kier molecular flexibility index (Phi) is 4.55. The van der Waals surface area contributed by atoms with Gasteiger partial charge in [-0.2, -0.15) is 5.26 Å². The van der Waals surface area contributed by atoms with Gasteiger partial charge in [-0.25, -0.2) is 4.98 Å². The highest BCUT2D eigenvalue weighted by atomic mass is 16.5. The van der Waals surface area contributed by atoms with Crippen LogP contribution in [0.5, 0.6) is 11.6 Å². The van der Waals surface area contributed by atoms with E-state index in [0.29, 0.717) is 17.6 Å². The predicted octanol–water partition coefficient (Wildman–Crippen LogP) is 4.49. The molecule has 1 aromatic heterocycles. The van der Waals surface area contributed by atoms with Crippen LogP contribution in [0.1, 0.15) is 37.8 Å². The molecule has 1 heterocycles. The standard InChI is InChI=1S/C18H19N3O/c19-13-16-7-4-8-18(21-16)22-17-11-9-15(10-12-17)20-14-5-2-1-3-6-14/h4,7-12,14,20H,1-3,5-6H2. The van der Waals surface area contributed by atoms with Gasteiger partial charge in [-0.15, -0.1) is 0 Å². The van der Waals surface area contributed by atoms with Crippen molar-refractivity contribution in [3.05, 3.63) is 48.2 Å². The Balaban J connectivity index is 1.62. The average Bonchev–Trinajstić information content (AvgIpc) is 2.58. The SMILES string of the molecule is N#Cc1cccc(Oc2ccc(NC3CCCCC3)cc2)n1. The summed E-state index contributed by atoms with van der Waals surface area (Å²) in [5, 5.41) is 12.4. The fourth-order valence-corrected chi connectivity index (χ4v) is 2.76. The molecule has 22 heavy (non-hydrogen) atoms. The van der Waals surface area contributed by atoms with E-state index in [-0.39, 0.29) is 0 Å². The summed E-state index contributed by atoms with van der Waals surface area (Å²) in [5.74, 6) is 1.16. The lowest BCUT2D eigenvalue weighted by atomic mass is 9.95. The van der Waals surface area contributed by atoms with Crippen LogP contribution in [0.3, 0.4) is 0 Å². The fourth-order valence-electron chi connectivity index (χ4n) is 2.76. The van der Waals surface area contributed by atoms with Crippen LogP contribution < -0.4 is 10.1 Å². The minimum absolute atomic E-state index is 0.355. The maximum Gasteiger partial charge on any atom is 0.220 e. The normalized spacial score (nSPS) is 15.0. The van der Waals surface area contributed by atoms with Gasteiger partial charge in [0.25, 0.3) is 0 Å². The van der Waals surface area contributed by atoms with Crippen LogP contribution in [-0.4, -0.2) is 11.0 Å². The van der Waals surface area contributed by atoms with E-state index in [1.165, 1.54) is 32.1 Å². The summed E-state index contributed by atoms with van der Waals surface area (Å²) in [4.78, 5) is 4.10. The van der Waals surface area contributed by atoms with Gasteiger partial charge in [-0.3, -0.25) is 0 Å². The molecule has 1 fully saturated rings. The van der Waals surface area contributed by atoms with Crippen LogP contribution in [0.25, 0.3) is 0 Å². The number of ether oxygens (including phenoxy) is 1. The van der Waals surface area contributed by atoms with Gasteiger partial charge in [0.05, 0.1) is 0 Å². The lowest BCUT2D eigenvalue weighted by Gasteiger charge is -2.23. The van der Waals surface area contributed by atoms with Crippen molar-refractivity contribution in [1.82, 2.24) is 4.98 Å². The first-order chi connectivity index (χ1) is 10.8. The highest BCUT2D eigenvalue weighted by molar-refractivity contribution is 5.47. The number of nitrogens with zero attached hydrogens (tertiary/aromatic N) is 2. The van der Waals surface area contributed by atoms with E-state index in [2.05, 4.69) is 10.3 Å². The summed E-state index contributed by atoms with van der Waals surface area (Å²) in [6.45, 7) is 0. The van der Waals surface area contributed by atoms with Crippen molar-refractivity contribution in [3.63, 3.8) is 0 Å². The third-order valence-electron chi connectivity index (χ3n) is 3.89. The number of hydrogen-bond acceptors (Lipinski definition) is 4. The Morgan fingerprint density at radius 1 is 1.05 bits per heavy atom. The zero-order chi connectivity index (χ0) is 15.2. The second-order valence-corrected chi connectivity index (χ2v) is 5.58. The number of benzene rings is 1. The van der Waals surface area contributed by atoms with Gasteiger partial charge in [-0.05, 0) is 43.2 Å². The van der Waals surface area contributed by atoms with Gasteiger partial charge < -0.3 is 10.1 Å². The summed E-state index contributed by atoms with van der Waals surface area (Å²) in [5.41, 5.74) is 1.48. The first-order valence-electron chi connectivity index (χ1n) is 7.75. The van der Waals surface area contributed by atoms with E-state index in [1.807, 2.05) is 30.3 Å². The highest BCUT2D eigenvalue weighted by Crippen LogP contribution is 2.25. The van der Waals surface area contributed by atoms with E-state index in [4.69, 9.17) is 10.00 Å². The predicted molar refractivity (Wildman–Crippen MR) is 86.0 cm³/mol. The van der Waals surface area contributed by atoms with Crippen LogP contribution in [-0.2, 0) is 0 Å². The lowest BCUT2D eigenvalue weighted by Crippen LogP contribution is -2.22. The van der Waals surface area contributed by atoms with Crippen LogP contribution in [0.4, 0.5) is 5.69 Å². The maximum absolute atomic E-state index is 8.84. The Hall–Kier alpha value is -2.54. The number of rotatable bonds is 4. The Morgan fingerprint density at radius 2 is 1.82 bits per heavy atom. The summed E-state index contributed by atoms with van der Waals surface area (Å²) in [7, 11) is 0. The van der Waals surface area contributed by atoms with Crippen LogP contribution >= 0.6 is 0 Å². The smallest absolute Gasteiger partial charge is 0.220 e. The number of nitriles is 1. The molecule has 0 aliphatic heterocycles. The molecule has 0 unspecified atom stereocenters. The molecule has 1 aromatic carbocycles. The average molecular weight is 293 g/mol. The highest BCUT2D eigenvalue weighted by Gasteiger charge is 2.12. The number of aromatic nitrogens is 1. The van der Waals surface area contributed by atoms with Gasteiger partial charge in [0.2, 0.25) is 5.88 Å². The second-order valence-electron chi connectivity index (χ2n) is 5.58. The topological polar surface area (TPSA) is 57.9 Å². The van der Waals surface area contributed by atoms with Gasteiger partial charge in [0.1, 0.15) is 17.5 Å².